The van der Waals surface area contributed by atoms with Gasteiger partial charge in [0.15, 0.2) is 0 Å². The van der Waals surface area contributed by atoms with E-state index in [-0.39, 0.29) is 10.8 Å². The Morgan fingerprint density at radius 2 is 1.71 bits per heavy atom. The molecule has 0 fully saturated rings. The summed E-state index contributed by atoms with van der Waals surface area (Å²) in [5.41, 5.74) is 3.56. The van der Waals surface area contributed by atoms with E-state index in [2.05, 4.69) is 16.9 Å². The molecule has 1 amide bonds. The summed E-state index contributed by atoms with van der Waals surface area (Å²) in [6, 6.07) is 13.6. The fourth-order valence-electron chi connectivity index (χ4n) is 2.81. The van der Waals surface area contributed by atoms with E-state index in [1.165, 1.54) is 29.3 Å². The van der Waals surface area contributed by atoms with Crippen LogP contribution in [0.25, 0.3) is 6.08 Å². The Morgan fingerprint density at radius 1 is 1.11 bits per heavy atom. The van der Waals surface area contributed by atoms with Crippen molar-refractivity contribution in [1.29, 1.82) is 0 Å². The third-order valence-corrected chi connectivity index (χ3v) is 5.52. The lowest BCUT2D eigenvalue weighted by molar-refractivity contribution is -0.114. The molecule has 0 saturated heterocycles. The second-order valence-electron chi connectivity index (χ2n) is 6.50. The summed E-state index contributed by atoms with van der Waals surface area (Å²) in [5, 5.41) is 10.7. The maximum Gasteiger partial charge on any atom is 0.280 e. The molecule has 0 saturated carbocycles. The summed E-state index contributed by atoms with van der Waals surface area (Å²) in [6.45, 7) is 4.75. The van der Waals surface area contributed by atoms with Gasteiger partial charge in [0.25, 0.3) is 5.91 Å². The van der Waals surface area contributed by atoms with Gasteiger partial charge < -0.3 is 4.90 Å². The van der Waals surface area contributed by atoms with Gasteiger partial charge in [0.1, 0.15) is 0 Å². The van der Waals surface area contributed by atoms with Gasteiger partial charge in [0.2, 0.25) is 10.0 Å². The van der Waals surface area contributed by atoms with Crippen LogP contribution in [0, 0.1) is 0 Å². The molecule has 7 nitrogen and oxygen atoms in total. The van der Waals surface area contributed by atoms with Crippen molar-refractivity contribution in [2.45, 2.75) is 18.7 Å². The smallest absolute Gasteiger partial charge is 0.280 e. The summed E-state index contributed by atoms with van der Waals surface area (Å²) >= 11 is 0. The van der Waals surface area contributed by atoms with E-state index in [1.54, 1.807) is 13.0 Å². The van der Waals surface area contributed by atoms with E-state index >= 15 is 0 Å². The molecule has 1 heterocycles. The van der Waals surface area contributed by atoms with Crippen LogP contribution in [0.1, 0.15) is 19.4 Å². The molecule has 28 heavy (non-hydrogen) atoms. The van der Waals surface area contributed by atoms with E-state index in [4.69, 9.17) is 5.14 Å². The van der Waals surface area contributed by atoms with Gasteiger partial charge in [0, 0.05) is 19.3 Å². The minimum atomic E-state index is -3.78. The van der Waals surface area contributed by atoms with Gasteiger partial charge >= 0.3 is 0 Å². The van der Waals surface area contributed by atoms with Crippen LogP contribution in [0.5, 0.6) is 0 Å². The van der Waals surface area contributed by atoms with Crippen molar-refractivity contribution in [2.75, 3.05) is 23.5 Å². The molecule has 0 unspecified atom stereocenters. The summed E-state index contributed by atoms with van der Waals surface area (Å²) in [4.78, 5) is 14.9. The number of nitrogens with two attached hydrogens (primary N) is 1. The van der Waals surface area contributed by atoms with E-state index in [0.717, 1.165) is 17.8 Å². The van der Waals surface area contributed by atoms with Crippen LogP contribution in [0.15, 0.2) is 64.1 Å². The highest BCUT2D eigenvalue weighted by Crippen LogP contribution is 2.26. The Labute approximate surface area is 164 Å². The fraction of sp³-hybridized carbons (Fsp3) is 0.200. The quantitative estimate of drug-likeness (QED) is 0.783. The van der Waals surface area contributed by atoms with Crippen LogP contribution < -0.4 is 15.0 Å². The minimum Gasteiger partial charge on any atom is -0.375 e. The van der Waals surface area contributed by atoms with Crippen molar-refractivity contribution in [3.05, 3.63) is 59.7 Å². The molecule has 0 aromatic heterocycles. The lowest BCUT2D eigenvalue weighted by atomic mass is 10.1. The van der Waals surface area contributed by atoms with Gasteiger partial charge in [-0.05, 0) is 61.9 Å². The number of carbonyl (C=O) groups excluding carboxylic acids is 1. The normalized spacial score (nSPS) is 15.9. The summed E-state index contributed by atoms with van der Waals surface area (Å²) < 4.78 is 22.8. The topological polar surface area (TPSA) is 96.1 Å². The number of anilines is 2. The van der Waals surface area contributed by atoms with Crippen molar-refractivity contribution < 1.29 is 13.2 Å². The molecular weight excluding hydrogens is 376 g/mol. The monoisotopic (exact) mass is 398 g/mol. The number of hydrazone groups is 1. The standard InChI is InChI=1S/C20H22N4O3S/c1-4-23(3)16-7-5-15(6-8-16)13-19-14(2)22-24(20(19)25)17-9-11-18(12-10-17)28(21,26)27/h5-13H,4H2,1-3H3,(H2,21,26,27)/b19-13+. The number of hydrogen-bond donors (Lipinski definition) is 1. The Hall–Kier alpha value is -2.97. The summed E-state index contributed by atoms with van der Waals surface area (Å²) in [5.74, 6) is -0.268. The molecule has 2 aromatic rings. The zero-order valence-electron chi connectivity index (χ0n) is 16.0. The summed E-state index contributed by atoms with van der Waals surface area (Å²) in [7, 11) is -1.77. The maximum absolute atomic E-state index is 12.8. The first-order chi connectivity index (χ1) is 13.2. The lowest BCUT2D eigenvalue weighted by Crippen LogP contribution is -2.21. The van der Waals surface area contributed by atoms with E-state index in [9.17, 15) is 13.2 Å². The molecule has 0 aliphatic carbocycles. The number of amides is 1. The largest absolute Gasteiger partial charge is 0.375 e. The number of primary sulfonamides is 1. The fourth-order valence-corrected chi connectivity index (χ4v) is 3.33. The number of hydrogen-bond acceptors (Lipinski definition) is 5. The Kier molecular flexibility index (Phi) is 5.35. The Morgan fingerprint density at radius 3 is 2.25 bits per heavy atom. The average molecular weight is 398 g/mol. The zero-order chi connectivity index (χ0) is 20.5. The van der Waals surface area contributed by atoms with Crippen molar-refractivity contribution in [2.24, 2.45) is 10.2 Å². The van der Waals surface area contributed by atoms with Crippen LogP contribution >= 0.6 is 0 Å². The third kappa shape index (κ3) is 3.97. The molecule has 146 valence electrons. The Bertz CT molecular complexity index is 1060. The van der Waals surface area contributed by atoms with Crippen LogP contribution in [0.4, 0.5) is 11.4 Å². The van der Waals surface area contributed by atoms with Gasteiger partial charge in [-0.2, -0.15) is 10.1 Å². The second kappa shape index (κ2) is 7.57. The maximum atomic E-state index is 12.8. The average Bonchev–Trinajstić information content (AvgIpc) is 2.95. The molecule has 0 bridgehead atoms. The molecule has 2 N–H and O–H groups in total. The first kappa shape index (κ1) is 19.8. The lowest BCUT2D eigenvalue weighted by Gasteiger charge is -2.16. The first-order valence-corrected chi connectivity index (χ1v) is 10.3. The van der Waals surface area contributed by atoms with Crippen LogP contribution in [0.2, 0.25) is 0 Å². The van der Waals surface area contributed by atoms with Crippen molar-refractivity contribution in [3.63, 3.8) is 0 Å². The SMILES string of the molecule is CCN(C)c1ccc(/C=C2/C(=O)N(c3ccc(S(N)(=O)=O)cc3)N=C2C)cc1. The molecule has 1 aliphatic heterocycles. The highest BCUT2D eigenvalue weighted by molar-refractivity contribution is 7.89. The number of rotatable bonds is 5. The van der Waals surface area contributed by atoms with Crippen LogP contribution in [-0.2, 0) is 14.8 Å². The second-order valence-corrected chi connectivity index (χ2v) is 8.07. The molecule has 3 rings (SSSR count). The van der Waals surface area contributed by atoms with Crippen LogP contribution in [0.3, 0.4) is 0 Å². The first-order valence-electron chi connectivity index (χ1n) is 8.76. The number of sulfonamides is 1. The predicted molar refractivity (Wildman–Crippen MR) is 112 cm³/mol. The van der Waals surface area contributed by atoms with E-state index in [1.807, 2.05) is 31.3 Å². The molecular formula is C20H22N4O3S. The number of nitrogens with zero attached hydrogens (tertiary/aromatic N) is 3. The predicted octanol–water partition coefficient (Wildman–Crippen LogP) is 2.60. The van der Waals surface area contributed by atoms with Gasteiger partial charge in [0.05, 0.1) is 21.9 Å². The van der Waals surface area contributed by atoms with E-state index < -0.39 is 10.0 Å². The number of benzene rings is 2. The third-order valence-electron chi connectivity index (χ3n) is 4.59. The zero-order valence-corrected chi connectivity index (χ0v) is 16.8. The van der Waals surface area contributed by atoms with Gasteiger partial charge in [-0.25, -0.2) is 13.6 Å². The molecule has 8 heteroatoms. The number of carbonyl (C=O) groups is 1. The summed E-state index contributed by atoms with van der Waals surface area (Å²) in [6.07, 6.45) is 1.80. The van der Waals surface area contributed by atoms with Crippen molar-refractivity contribution >= 4 is 39.1 Å². The minimum absolute atomic E-state index is 0.0171. The molecule has 0 atom stereocenters. The molecule has 2 aromatic carbocycles. The van der Waals surface area contributed by atoms with E-state index in [0.29, 0.717) is 17.0 Å². The highest BCUT2D eigenvalue weighted by atomic mass is 32.2. The Balaban J connectivity index is 1.85. The molecule has 0 spiro atoms. The highest BCUT2D eigenvalue weighted by Gasteiger charge is 2.28. The van der Waals surface area contributed by atoms with Crippen molar-refractivity contribution in [1.82, 2.24) is 0 Å². The van der Waals surface area contributed by atoms with Gasteiger partial charge in [-0.1, -0.05) is 12.1 Å². The molecule has 0 radical (unpaired) electrons. The molecule has 1 aliphatic rings. The van der Waals surface area contributed by atoms with Crippen LogP contribution in [-0.4, -0.2) is 33.6 Å². The van der Waals surface area contributed by atoms with Gasteiger partial charge in [-0.15, -0.1) is 0 Å². The van der Waals surface area contributed by atoms with Gasteiger partial charge in [-0.3, -0.25) is 4.79 Å². The van der Waals surface area contributed by atoms with Crippen molar-refractivity contribution in [3.8, 4) is 0 Å².